The lowest BCUT2D eigenvalue weighted by Crippen LogP contribution is -2.24. The Kier molecular flexibility index (Phi) is 7.44. The third-order valence-electron chi connectivity index (χ3n) is 4.29. The Bertz CT molecular complexity index is 774. The summed E-state index contributed by atoms with van der Waals surface area (Å²) in [5.41, 5.74) is 10.3. The number of nitrogens with two attached hydrogens (primary N) is 1. The van der Waals surface area contributed by atoms with E-state index in [0.29, 0.717) is 25.5 Å². The number of halogens is 1. The number of carbonyl (C=O) groups is 1. The maximum Gasteiger partial charge on any atom is 0.222 e. The van der Waals surface area contributed by atoms with E-state index in [-0.39, 0.29) is 29.9 Å². The number of nitrogens with zero attached hydrogens (tertiary/aromatic N) is 2. The first-order chi connectivity index (χ1) is 12.1. The first-order valence-corrected chi connectivity index (χ1v) is 8.59. The van der Waals surface area contributed by atoms with Crippen molar-refractivity contribution in [2.24, 2.45) is 10.7 Å². The van der Waals surface area contributed by atoms with E-state index in [9.17, 15) is 4.79 Å². The minimum atomic E-state index is 0. The highest BCUT2D eigenvalue weighted by atomic mass is 127. The standard InChI is InChI=1S/C20H24N4O.HI/c1-15-7-9-18(10-8-15)23-20(21)22-13-16-4-2-5-17(12-16)14-24-11-3-6-19(24)25;/h2,4-5,7-10,12H,3,6,11,13-14H2,1H3,(H3,21,22,23);1H. The van der Waals surface area contributed by atoms with Gasteiger partial charge in [0.05, 0.1) is 6.54 Å². The largest absolute Gasteiger partial charge is 0.370 e. The van der Waals surface area contributed by atoms with E-state index in [1.807, 2.05) is 54.3 Å². The van der Waals surface area contributed by atoms with Gasteiger partial charge in [-0.15, -0.1) is 24.0 Å². The Morgan fingerprint density at radius 2 is 1.92 bits per heavy atom. The smallest absolute Gasteiger partial charge is 0.222 e. The van der Waals surface area contributed by atoms with Gasteiger partial charge in [0, 0.05) is 25.2 Å². The van der Waals surface area contributed by atoms with Crippen LogP contribution in [0.1, 0.15) is 29.5 Å². The van der Waals surface area contributed by atoms with Crippen LogP contribution < -0.4 is 11.1 Å². The van der Waals surface area contributed by atoms with Gasteiger partial charge >= 0.3 is 0 Å². The van der Waals surface area contributed by atoms with Crippen LogP contribution in [0.2, 0.25) is 0 Å². The Morgan fingerprint density at radius 1 is 1.19 bits per heavy atom. The molecule has 1 heterocycles. The second-order valence-corrected chi connectivity index (χ2v) is 6.43. The molecular weight excluding hydrogens is 439 g/mol. The molecule has 5 nitrogen and oxygen atoms in total. The molecule has 1 saturated heterocycles. The van der Waals surface area contributed by atoms with Gasteiger partial charge in [-0.05, 0) is 36.6 Å². The van der Waals surface area contributed by atoms with Gasteiger partial charge in [-0.25, -0.2) is 4.99 Å². The SMILES string of the molecule is Cc1ccc(NC(N)=NCc2cccc(CN3CCCC3=O)c2)cc1.I. The van der Waals surface area contributed by atoms with Crippen molar-refractivity contribution in [2.45, 2.75) is 32.9 Å². The summed E-state index contributed by atoms with van der Waals surface area (Å²) >= 11 is 0. The molecule has 138 valence electrons. The van der Waals surface area contributed by atoms with E-state index in [1.54, 1.807) is 0 Å². The number of hydrogen-bond acceptors (Lipinski definition) is 2. The molecular formula is C20H25IN4O. The number of benzene rings is 2. The molecule has 1 aliphatic rings. The summed E-state index contributed by atoms with van der Waals surface area (Å²) in [5, 5.41) is 3.09. The molecule has 2 aromatic rings. The molecule has 26 heavy (non-hydrogen) atoms. The number of aryl methyl sites for hydroxylation is 1. The normalized spacial score (nSPS) is 14.3. The van der Waals surface area contributed by atoms with Crippen LogP contribution in [-0.2, 0) is 17.9 Å². The summed E-state index contributed by atoms with van der Waals surface area (Å²) < 4.78 is 0. The van der Waals surface area contributed by atoms with Crippen molar-refractivity contribution >= 4 is 41.5 Å². The molecule has 6 heteroatoms. The highest BCUT2D eigenvalue weighted by Gasteiger charge is 2.19. The Morgan fingerprint density at radius 3 is 2.62 bits per heavy atom. The van der Waals surface area contributed by atoms with Crippen LogP contribution in [0.5, 0.6) is 0 Å². The maximum atomic E-state index is 11.8. The maximum absolute atomic E-state index is 11.8. The number of anilines is 1. The quantitative estimate of drug-likeness (QED) is 0.403. The van der Waals surface area contributed by atoms with E-state index in [2.05, 4.69) is 16.4 Å². The molecule has 3 N–H and O–H groups in total. The van der Waals surface area contributed by atoms with Gasteiger partial charge in [0.15, 0.2) is 5.96 Å². The van der Waals surface area contributed by atoms with Crippen LogP contribution in [0.25, 0.3) is 0 Å². The van der Waals surface area contributed by atoms with E-state index < -0.39 is 0 Å². The number of likely N-dealkylation sites (tertiary alicyclic amines) is 1. The van der Waals surface area contributed by atoms with E-state index in [1.165, 1.54) is 5.56 Å². The Balaban J connectivity index is 0.00000243. The average molecular weight is 464 g/mol. The average Bonchev–Trinajstić information content (AvgIpc) is 3.00. The molecule has 0 atom stereocenters. The molecule has 1 aliphatic heterocycles. The van der Waals surface area contributed by atoms with Crippen LogP contribution >= 0.6 is 24.0 Å². The van der Waals surface area contributed by atoms with Gasteiger partial charge in [-0.3, -0.25) is 4.79 Å². The Hall–Kier alpha value is -2.09. The summed E-state index contributed by atoms with van der Waals surface area (Å²) in [6.07, 6.45) is 1.63. The summed E-state index contributed by atoms with van der Waals surface area (Å²) in [6, 6.07) is 16.2. The van der Waals surface area contributed by atoms with Crippen LogP contribution in [0, 0.1) is 6.92 Å². The van der Waals surface area contributed by atoms with Crippen molar-refractivity contribution in [3.8, 4) is 0 Å². The van der Waals surface area contributed by atoms with Crippen molar-refractivity contribution in [1.29, 1.82) is 0 Å². The van der Waals surface area contributed by atoms with Crippen LogP contribution in [0.15, 0.2) is 53.5 Å². The number of carbonyl (C=O) groups excluding carboxylic acids is 1. The van der Waals surface area contributed by atoms with Crippen LogP contribution in [-0.4, -0.2) is 23.3 Å². The lowest BCUT2D eigenvalue weighted by Gasteiger charge is -2.15. The number of guanidine groups is 1. The minimum Gasteiger partial charge on any atom is -0.370 e. The minimum absolute atomic E-state index is 0. The van der Waals surface area contributed by atoms with Gasteiger partial charge in [-0.1, -0.05) is 42.0 Å². The van der Waals surface area contributed by atoms with Gasteiger partial charge < -0.3 is 16.0 Å². The Labute approximate surface area is 171 Å². The lowest BCUT2D eigenvalue weighted by molar-refractivity contribution is -0.128. The zero-order valence-corrected chi connectivity index (χ0v) is 17.3. The van der Waals surface area contributed by atoms with Crippen molar-refractivity contribution in [3.05, 3.63) is 65.2 Å². The highest BCUT2D eigenvalue weighted by molar-refractivity contribution is 14.0. The van der Waals surface area contributed by atoms with Crippen molar-refractivity contribution in [1.82, 2.24) is 4.90 Å². The summed E-state index contributed by atoms with van der Waals surface area (Å²) in [5.74, 6) is 0.638. The van der Waals surface area contributed by atoms with Crippen molar-refractivity contribution in [2.75, 3.05) is 11.9 Å². The predicted octanol–water partition coefficient (Wildman–Crippen LogP) is 3.66. The van der Waals surface area contributed by atoms with Gasteiger partial charge in [0.2, 0.25) is 5.91 Å². The first-order valence-electron chi connectivity index (χ1n) is 8.59. The molecule has 2 aromatic carbocycles. The molecule has 1 amide bonds. The molecule has 0 bridgehead atoms. The lowest BCUT2D eigenvalue weighted by atomic mass is 10.1. The van der Waals surface area contributed by atoms with Crippen molar-refractivity contribution in [3.63, 3.8) is 0 Å². The molecule has 3 rings (SSSR count). The fourth-order valence-electron chi connectivity index (χ4n) is 2.92. The second kappa shape index (κ2) is 9.56. The molecule has 0 unspecified atom stereocenters. The fourth-order valence-corrected chi connectivity index (χ4v) is 2.92. The molecule has 0 aliphatic carbocycles. The van der Waals surface area contributed by atoms with Crippen LogP contribution in [0.3, 0.4) is 0 Å². The van der Waals surface area contributed by atoms with E-state index in [4.69, 9.17) is 5.73 Å². The van der Waals surface area contributed by atoms with Gasteiger partial charge in [0.1, 0.15) is 0 Å². The number of rotatable bonds is 5. The van der Waals surface area contributed by atoms with Crippen molar-refractivity contribution < 1.29 is 4.79 Å². The molecule has 1 fully saturated rings. The highest BCUT2D eigenvalue weighted by Crippen LogP contribution is 2.15. The fraction of sp³-hybridized carbons (Fsp3) is 0.300. The van der Waals surface area contributed by atoms with Gasteiger partial charge in [-0.2, -0.15) is 0 Å². The van der Waals surface area contributed by atoms with E-state index in [0.717, 1.165) is 29.8 Å². The molecule has 0 aromatic heterocycles. The number of nitrogens with one attached hydrogen (secondary N) is 1. The predicted molar refractivity (Wildman–Crippen MR) is 117 cm³/mol. The number of amides is 1. The monoisotopic (exact) mass is 464 g/mol. The summed E-state index contributed by atoms with van der Waals surface area (Å²) in [4.78, 5) is 18.1. The van der Waals surface area contributed by atoms with Gasteiger partial charge in [0.25, 0.3) is 0 Å². The molecule has 0 saturated carbocycles. The topological polar surface area (TPSA) is 70.7 Å². The first kappa shape index (κ1) is 20.2. The summed E-state index contributed by atoms with van der Waals surface area (Å²) in [7, 11) is 0. The third kappa shape index (κ3) is 5.72. The number of hydrogen-bond donors (Lipinski definition) is 2. The second-order valence-electron chi connectivity index (χ2n) is 6.43. The molecule has 0 radical (unpaired) electrons. The van der Waals surface area contributed by atoms with E-state index >= 15 is 0 Å². The van der Waals surface area contributed by atoms with Crippen LogP contribution in [0.4, 0.5) is 5.69 Å². The molecule has 0 spiro atoms. The zero-order chi connectivity index (χ0) is 17.6. The summed E-state index contributed by atoms with van der Waals surface area (Å²) in [6.45, 7) is 4.08. The zero-order valence-electron chi connectivity index (χ0n) is 14.9. The third-order valence-corrected chi connectivity index (χ3v) is 4.29. The number of aliphatic imine (C=N–C) groups is 1.